The van der Waals surface area contributed by atoms with Crippen LogP contribution in [0.15, 0.2) is 58.6 Å². The van der Waals surface area contributed by atoms with E-state index in [1.807, 2.05) is 0 Å². The van der Waals surface area contributed by atoms with E-state index in [1.165, 1.54) is 28.6 Å². The van der Waals surface area contributed by atoms with Gasteiger partial charge in [0.25, 0.3) is 5.91 Å². The summed E-state index contributed by atoms with van der Waals surface area (Å²) in [6.07, 6.45) is -4.42. The lowest BCUT2D eigenvalue weighted by molar-refractivity contribution is -0.137. The fourth-order valence-electron chi connectivity index (χ4n) is 2.09. The number of aromatic nitrogens is 4. The lowest BCUT2D eigenvalue weighted by Gasteiger charge is -2.11. The highest BCUT2D eigenvalue weighted by atomic mass is 32.2. The van der Waals surface area contributed by atoms with E-state index < -0.39 is 17.6 Å². The summed E-state index contributed by atoms with van der Waals surface area (Å²) in [4.78, 5) is 13.1. The van der Waals surface area contributed by atoms with Gasteiger partial charge in [-0.3, -0.25) is 4.79 Å². The number of halogens is 3. The van der Waals surface area contributed by atoms with Crippen LogP contribution in [0.3, 0.4) is 0 Å². The van der Waals surface area contributed by atoms with E-state index in [1.54, 1.807) is 31.3 Å². The fourth-order valence-corrected chi connectivity index (χ4v) is 2.95. The number of rotatable bonds is 4. The van der Waals surface area contributed by atoms with E-state index in [0.29, 0.717) is 15.6 Å². The number of carbonyl (C=O) groups is 1. The Morgan fingerprint density at radius 3 is 2.42 bits per heavy atom. The number of hydrogen-bond donors (Lipinski definition) is 1. The Labute approximate surface area is 150 Å². The van der Waals surface area contributed by atoms with Crippen molar-refractivity contribution in [2.24, 2.45) is 7.05 Å². The Morgan fingerprint density at radius 1 is 1.12 bits per heavy atom. The van der Waals surface area contributed by atoms with Crippen molar-refractivity contribution in [1.82, 2.24) is 20.2 Å². The molecule has 0 atom stereocenters. The van der Waals surface area contributed by atoms with Crippen LogP contribution < -0.4 is 5.32 Å². The van der Waals surface area contributed by atoms with Crippen molar-refractivity contribution in [2.75, 3.05) is 5.32 Å². The number of benzene rings is 2. The molecule has 1 amide bonds. The molecule has 0 aliphatic rings. The highest BCUT2D eigenvalue weighted by Gasteiger charge is 2.30. The molecule has 0 aliphatic heterocycles. The number of alkyl halides is 3. The Bertz CT molecular complexity index is 924. The molecule has 0 fully saturated rings. The predicted octanol–water partition coefficient (Wildman–Crippen LogP) is 3.63. The quantitative estimate of drug-likeness (QED) is 0.749. The minimum absolute atomic E-state index is 0.267. The van der Waals surface area contributed by atoms with Crippen LogP contribution in [0.4, 0.5) is 18.9 Å². The average Bonchev–Trinajstić information content (AvgIpc) is 3.00. The van der Waals surface area contributed by atoms with E-state index >= 15 is 0 Å². The van der Waals surface area contributed by atoms with Gasteiger partial charge in [0.15, 0.2) is 0 Å². The highest BCUT2D eigenvalue weighted by Crippen LogP contribution is 2.31. The second-order valence-electron chi connectivity index (χ2n) is 5.21. The maximum absolute atomic E-state index is 12.6. The molecular weight excluding hydrogens is 367 g/mol. The zero-order chi connectivity index (χ0) is 18.7. The lowest BCUT2D eigenvalue weighted by Crippen LogP contribution is -2.13. The molecule has 0 bridgehead atoms. The third kappa shape index (κ3) is 4.02. The van der Waals surface area contributed by atoms with Gasteiger partial charge in [0, 0.05) is 17.6 Å². The van der Waals surface area contributed by atoms with Crippen LogP contribution >= 0.6 is 11.8 Å². The molecule has 0 aliphatic carbocycles. The summed E-state index contributed by atoms with van der Waals surface area (Å²) in [5, 5.41) is 14.2. The maximum Gasteiger partial charge on any atom is 0.416 e. The molecule has 2 aromatic carbocycles. The number of carbonyl (C=O) groups excluding carboxylic acids is 1. The molecule has 134 valence electrons. The molecule has 10 heteroatoms. The zero-order valence-electron chi connectivity index (χ0n) is 13.4. The minimum atomic E-state index is -4.42. The first-order chi connectivity index (χ1) is 12.3. The normalized spacial score (nSPS) is 11.4. The SMILES string of the molecule is Cn1nnnc1Sc1ccccc1C(=O)Nc1ccc(C(F)(F)F)cc1. The molecule has 3 rings (SSSR count). The summed E-state index contributed by atoms with van der Waals surface area (Å²) in [6.45, 7) is 0. The van der Waals surface area contributed by atoms with E-state index in [-0.39, 0.29) is 5.69 Å². The van der Waals surface area contributed by atoms with Gasteiger partial charge in [-0.15, -0.1) is 5.10 Å². The molecule has 0 unspecified atom stereocenters. The Hall–Kier alpha value is -2.88. The summed E-state index contributed by atoms with van der Waals surface area (Å²) in [7, 11) is 1.67. The molecule has 3 aromatic rings. The Kier molecular flexibility index (Phi) is 4.94. The Balaban J connectivity index is 1.79. The third-order valence-corrected chi connectivity index (χ3v) is 4.49. The summed E-state index contributed by atoms with van der Waals surface area (Å²) in [5.41, 5.74) is -0.148. The summed E-state index contributed by atoms with van der Waals surface area (Å²) < 4.78 is 39.3. The van der Waals surface area contributed by atoms with Crippen molar-refractivity contribution in [3.8, 4) is 0 Å². The molecule has 26 heavy (non-hydrogen) atoms. The second-order valence-corrected chi connectivity index (χ2v) is 6.22. The molecule has 1 heterocycles. The van der Waals surface area contributed by atoms with Crippen LogP contribution in [0.1, 0.15) is 15.9 Å². The highest BCUT2D eigenvalue weighted by molar-refractivity contribution is 7.99. The van der Waals surface area contributed by atoms with Crippen molar-refractivity contribution in [1.29, 1.82) is 0 Å². The maximum atomic E-state index is 12.6. The number of anilines is 1. The topological polar surface area (TPSA) is 72.7 Å². The Morgan fingerprint density at radius 2 is 1.81 bits per heavy atom. The molecule has 6 nitrogen and oxygen atoms in total. The van der Waals surface area contributed by atoms with Crippen LogP contribution in [-0.4, -0.2) is 26.1 Å². The fraction of sp³-hybridized carbons (Fsp3) is 0.125. The molecule has 0 saturated heterocycles. The average molecular weight is 379 g/mol. The van der Waals surface area contributed by atoms with Crippen molar-refractivity contribution >= 4 is 23.4 Å². The van der Waals surface area contributed by atoms with Crippen molar-refractivity contribution < 1.29 is 18.0 Å². The second kappa shape index (κ2) is 7.16. The first-order valence-electron chi connectivity index (χ1n) is 7.32. The van der Waals surface area contributed by atoms with Crippen molar-refractivity contribution in [2.45, 2.75) is 16.2 Å². The van der Waals surface area contributed by atoms with Crippen molar-refractivity contribution in [3.63, 3.8) is 0 Å². The molecule has 0 saturated carbocycles. The van der Waals surface area contributed by atoms with Gasteiger partial charge < -0.3 is 5.32 Å². The molecule has 1 aromatic heterocycles. The lowest BCUT2D eigenvalue weighted by atomic mass is 10.1. The van der Waals surface area contributed by atoms with Crippen LogP contribution in [0.2, 0.25) is 0 Å². The van der Waals surface area contributed by atoms with Gasteiger partial charge >= 0.3 is 6.18 Å². The van der Waals surface area contributed by atoms with E-state index in [2.05, 4.69) is 20.8 Å². The number of amides is 1. The van der Waals surface area contributed by atoms with Crippen LogP contribution in [0, 0.1) is 0 Å². The smallest absolute Gasteiger partial charge is 0.322 e. The van der Waals surface area contributed by atoms with Gasteiger partial charge in [-0.1, -0.05) is 12.1 Å². The van der Waals surface area contributed by atoms with Gasteiger partial charge in [-0.05, 0) is 58.6 Å². The number of nitrogens with one attached hydrogen (secondary N) is 1. The van der Waals surface area contributed by atoms with Gasteiger partial charge in [0.2, 0.25) is 5.16 Å². The van der Waals surface area contributed by atoms with E-state index in [4.69, 9.17) is 0 Å². The van der Waals surface area contributed by atoms with E-state index in [9.17, 15) is 18.0 Å². The number of aryl methyl sites for hydroxylation is 1. The molecule has 0 radical (unpaired) electrons. The predicted molar refractivity (Wildman–Crippen MR) is 88.8 cm³/mol. The van der Waals surface area contributed by atoms with Crippen LogP contribution in [-0.2, 0) is 13.2 Å². The molecule has 1 N–H and O–H groups in total. The summed E-state index contributed by atoms with van der Waals surface area (Å²) in [6, 6.07) is 11.1. The van der Waals surface area contributed by atoms with Gasteiger partial charge in [0.05, 0.1) is 11.1 Å². The summed E-state index contributed by atoms with van der Waals surface area (Å²) in [5.74, 6) is -0.442. The third-order valence-electron chi connectivity index (χ3n) is 3.38. The molecular formula is C16H12F3N5OS. The number of tetrazole rings is 1. The molecule has 0 spiro atoms. The van der Waals surface area contributed by atoms with Crippen molar-refractivity contribution in [3.05, 3.63) is 59.7 Å². The number of nitrogens with zero attached hydrogens (tertiary/aromatic N) is 4. The van der Waals surface area contributed by atoms with Gasteiger partial charge in [-0.2, -0.15) is 13.2 Å². The monoisotopic (exact) mass is 379 g/mol. The van der Waals surface area contributed by atoms with Crippen LogP contribution in [0.5, 0.6) is 0 Å². The first kappa shape index (κ1) is 17.9. The largest absolute Gasteiger partial charge is 0.416 e. The van der Waals surface area contributed by atoms with E-state index in [0.717, 1.165) is 12.1 Å². The number of hydrogen-bond acceptors (Lipinski definition) is 5. The zero-order valence-corrected chi connectivity index (χ0v) is 14.2. The summed E-state index contributed by atoms with van der Waals surface area (Å²) >= 11 is 1.21. The van der Waals surface area contributed by atoms with Crippen LogP contribution in [0.25, 0.3) is 0 Å². The minimum Gasteiger partial charge on any atom is -0.322 e. The van der Waals surface area contributed by atoms with Gasteiger partial charge in [-0.25, -0.2) is 4.68 Å². The first-order valence-corrected chi connectivity index (χ1v) is 8.14. The standard InChI is InChI=1S/C16H12F3N5OS/c1-24-15(21-22-23-24)26-13-5-3-2-4-12(13)14(25)20-11-8-6-10(7-9-11)16(17,18)19/h2-9H,1H3,(H,20,25). The van der Waals surface area contributed by atoms with Gasteiger partial charge in [0.1, 0.15) is 0 Å².